The van der Waals surface area contributed by atoms with Crippen LogP contribution < -0.4 is 15.1 Å². The van der Waals surface area contributed by atoms with Gasteiger partial charge in [-0.25, -0.2) is 14.7 Å². The summed E-state index contributed by atoms with van der Waals surface area (Å²) in [5.41, 5.74) is -0.554. The van der Waals surface area contributed by atoms with E-state index < -0.39 is 81.2 Å². The van der Waals surface area contributed by atoms with Gasteiger partial charge in [0.15, 0.2) is 6.10 Å². The number of rotatable bonds is 15. The van der Waals surface area contributed by atoms with Crippen molar-refractivity contribution in [3.05, 3.63) is 124 Å². The molecular formula is C69H92N4O13. The Morgan fingerprint density at radius 3 is 2.10 bits per heavy atom. The number of anilines is 2. The number of aliphatic hydroxyl groups excluding tert-OH is 1. The fraction of sp³-hybridized carbons (Fsp3) is 0.594. The summed E-state index contributed by atoms with van der Waals surface area (Å²) >= 11 is 0. The van der Waals surface area contributed by atoms with Crippen molar-refractivity contribution in [1.29, 1.82) is 0 Å². The van der Waals surface area contributed by atoms with Crippen molar-refractivity contribution in [2.75, 3.05) is 71.5 Å². The van der Waals surface area contributed by atoms with Crippen LogP contribution in [0, 0.1) is 22.2 Å². The number of para-hydroxylation sites is 1. The van der Waals surface area contributed by atoms with Gasteiger partial charge in [0.25, 0.3) is 5.60 Å². The molecule has 2 aromatic rings. The summed E-state index contributed by atoms with van der Waals surface area (Å²) in [5.74, 6) is -2.09. The predicted octanol–water partition coefficient (Wildman–Crippen LogP) is 10.5. The smallest absolute Gasteiger partial charge is 0.496 e. The van der Waals surface area contributed by atoms with E-state index in [1.165, 1.54) is 39.4 Å². The molecule has 466 valence electrons. The summed E-state index contributed by atoms with van der Waals surface area (Å²) in [6.07, 6.45) is 15.5. The molecule has 1 spiro atoms. The number of ether oxygens (including phenoxy) is 6. The number of carbonyl (C=O) groups excluding carboxylic acids is 4. The van der Waals surface area contributed by atoms with Gasteiger partial charge in [0.1, 0.15) is 23.3 Å². The molecule has 1 saturated carbocycles. The monoisotopic (exact) mass is 1180 g/mol. The van der Waals surface area contributed by atoms with Crippen molar-refractivity contribution < 1.29 is 62.6 Å². The lowest BCUT2D eigenvalue weighted by Crippen LogP contribution is -2.82. The Morgan fingerprint density at radius 2 is 1.49 bits per heavy atom. The van der Waals surface area contributed by atoms with Crippen molar-refractivity contribution in [2.24, 2.45) is 22.2 Å². The van der Waals surface area contributed by atoms with Crippen molar-refractivity contribution in [3.63, 3.8) is 0 Å². The number of nitrogens with zero attached hydrogens (tertiary/aromatic N) is 3. The first-order valence-corrected chi connectivity index (χ1v) is 31.0. The lowest BCUT2D eigenvalue weighted by molar-refractivity contribution is -0.238. The molecule has 12 atom stereocenters. The number of hydrogen-bond acceptors (Lipinski definition) is 17. The largest absolute Gasteiger partial charge is 0.509 e. The van der Waals surface area contributed by atoms with Crippen LogP contribution in [0.2, 0.25) is 0 Å². The number of benzene rings is 2. The third kappa shape index (κ3) is 10.4. The van der Waals surface area contributed by atoms with Gasteiger partial charge in [-0.05, 0) is 130 Å². The number of fused-ring (bicyclic) bond motifs is 3. The Bertz CT molecular complexity index is 3160. The van der Waals surface area contributed by atoms with E-state index >= 15 is 14.4 Å². The highest BCUT2D eigenvalue weighted by Crippen LogP contribution is 2.69. The molecule has 2 aromatic carbocycles. The number of aliphatic hydroxyl groups is 2. The molecule has 17 nitrogen and oxygen atoms in total. The van der Waals surface area contributed by atoms with E-state index in [1.54, 1.807) is 12.2 Å². The highest BCUT2D eigenvalue weighted by Gasteiger charge is 2.83. The first kappa shape index (κ1) is 62.8. The molecule has 0 aromatic heterocycles. The summed E-state index contributed by atoms with van der Waals surface area (Å²) in [7, 11) is 5.68. The van der Waals surface area contributed by atoms with Crippen LogP contribution in [0.5, 0.6) is 5.75 Å². The molecule has 0 amide bonds. The lowest BCUT2D eigenvalue weighted by Gasteiger charge is -2.63. The van der Waals surface area contributed by atoms with Crippen LogP contribution in [0.1, 0.15) is 138 Å². The third-order valence-electron chi connectivity index (χ3n) is 20.9. The summed E-state index contributed by atoms with van der Waals surface area (Å²) in [4.78, 5) is 72.1. The zero-order chi connectivity index (χ0) is 61.9. The summed E-state index contributed by atoms with van der Waals surface area (Å²) in [5, 5.41) is 28.0. The molecule has 3 N–H and O–H groups in total. The molecule has 5 aliphatic heterocycles. The molecule has 2 saturated heterocycles. The van der Waals surface area contributed by atoms with E-state index in [2.05, 4.69) is 74.0 Å². The third-order valence-corrected chi connectivity index (χ3v) is 20.9. The Hall–Kier alpha value is -6.24. The van der Waals surface area contributed by atoms with E-state index in [1.807, 2.05) is 81.5 Å². The highest BCUT2D eigenvalue weighted by atomic mass is 16.8. The van der Waals surface area contributed by atoms with Crippen LogP contribution >= 0.6 is 0 Å². The maximum atomic E-state index is 15.8. The van der Waals surface area contributed by atoms with Crippen LogP contribution in [0.4, 0.5) is 16.2 Å². The molecule has 3 fully saturated rings. The maximum Gasteiger partial charge on any atom is 0.509 e. The van der Waals surface area contributed by atoms with E-state index in [-0.39, 0.29) is 23.9 Å². The van der Waals surface area contributed by atoms with Gasteiger partial charge in [0.05, 0.1) is 45.8 Å². The molecular weight excluding hydrogens is 1090 g/mol. The second-order valence-corrected chi connectivity index (χ2v) is 27.1. The highest BCUT2D eigenvalue weighted by molar-refractivity contribution is 5.92. The number of allylic oxidation sites excluding steroid dienone is 6. The van der Waals surface area contributed by atoms with Gasteiger partial charge in [0.2, 0.25) is 0 Å². The Morgan fingerprint density at radius 1 is 0.802 bits per heavy atom. The number of esters is 3. The van der Waals surface area contributed by atoms with Crippen molar-refractivity contribution in [3.8, 4) is 5.75 Å². The SMILES string of the molecule is CC[C@@]1(O)C[C@H]2CN(CCC=C(Nc3ccccc3)[C@@](C(=O)OC)(c3cc4c(cc3OC)N(OC)[C@H]3[C@@](OC(=O)OC5CC(C)=C(/C=C/C=C/C6=C(C)C[C@H](O)CC6(C)C)C(C)(C)C5)(C(=O)OC)[C@H](OC(C)=O)[C@]5(CC)C=CCN6CC[C@]43[C@@H]65)C2)C1. The molecule has 2 bridgehead atoms. The standard InChI is InChI=1S/C69H92N4O13/c1-14-65(79)37-46-38-68(60(76)81-11,56(27-21-30-71(41-46)42-65)70-47-23-17-16-18-24-47)53-35-52-54(36-55(53)80-10)73(83-13)58-67(52)29-32-72-31-22-28-66(15-2,57(67)72)59(84-45(5)74)69(58,61(77)82-12)86-62(78)85-49-34-44(4)51(64(8,9)40-49)26-20-19-25-50-43(3)33-48(75)39-63(50,6)7/h16-20,22-28,35-36,46,48-49,57-59,70,75,79H,14-15,21,29-34,37-42H2,1-13H3/b25-19+,26-20+,56-27?/t46-,48+,49?,57+,58-,59-,65-,66-,67-,68+,69+/m1/s1. The van der Waals surface area contributed by atoms with Crippen LogP contribution in [-0.2, 0) is 53.7 Å². The first-order valence-electron chi connectivity index (χ1n) is 31.0. The Labute approximate surface area is 508 Å². The molecule has 17 heteroatoms. The summed E-state index contributed by atoms with van der Waals surface area (Å²) in [6, 6.07) is 11.8. The van der Waals surface area contributed by atoms with Gasteiger partial charge in [0, 0.05) is 79.4 Å². The van der Waals surface area contributed by atoms with Gasteiger partial charge in [-0.2, -0.15) is 0 Å². The van der Waals surface area contributed by atoms with E-state index in [0.29, 0.717) is 119 Å². The minimum absolute atomic E-state index is 0.160. The average Bonchev–Trinajstić information content (AvgIpc) is 1.49. The summed E-state index contributed by atoms with van der Waals surface area (Å²) in [6.45, 7) is 20.8. The zero-order valence-corrected chi connectivity index (χ0v) is 52.9. The van der Waals surface area contributed by atoms with Crippen LogP contribution in [-0.4, -0.2) is 147 Å². The second-order valence-electron chi connectivity index (χ2n) is 27.1. The van der Waals surface area contributed by atoms with Gasteiger partial charge in [-0.3, -0.25) is 24.2 Å². The molecule has 10 rings (SSSR count). The molecule has 2 unspecified atom stereocenters. The van der Waals surface area contributed by atoms with Gasteiger partial charge < -0.3 is 44.0 Å². The fourth-order valence-electron chi connectivity index (χ4n) is 17.8. The molecule has 86 heavy (non-hydrogen) atoms. The summed E-state index contributed by atoms with van der Waals surface area (Å²) < 4.78 is 38.4. The van der Waals surface area contributed by atoms with Crippen LogP contribution in [0.3, 0.4) is 0 Å². The molecule has 8 aliphatic rings. The minimum Gasteiger partial charge on any atom is -0.496 e. The number of hydroxylamine groups is 1. The lowest BCUT2D eigenvalue weighted by atomic mass is 9.47. The predicted molar refractivity (Wildman–Crippen MR) is 328 cm³/mol. The number of piperidine rings is 1. The normalized spacial score (nSPS) is 34.5. The second kappa shape index (κ2) is 23.7. The van der Waals surface area contributed by atoms with Gasteiger partial charge in [-0.15, -0.1) is 0 Å². The van der Waals surface area contributed by atoms with Crippen molar-refractivity contribution in [2.45, 2.75) is 179 Å². The van der Waals surface area contributed by atoms with Gasteiger partial charge >= 0.3 is 24.1 Å². The minimum atomic E-state index is -2.48. The number of carbonyl (C=O) groups is 4. The zero-order valence-electron chi connectivity index (χ0n) is 52.9. The fourth-order valence-corrected chi connectivity index (χ4v) is 17.8. The Kier molecular flexibility index (Phi) is 17.3. The topological polar surface area (TPSA) is 195 Å². The number of nitrogens with one attached hydrogen (secondary N) is 1. The quantitative estimate of drug-likeness (QED) is 0.0659. The Balaban J connectivity index is 1.12. The molecule has 0 radical (unpaired) electrons. The van der Waals surface area contributed by atoms with Gasteiger partial charge in [-0.1, -0.05) is 113 Å². The van der Waals surface area contributed by atoms with E-state index in [0.717, 1.165) is 16.8 Å². The van der Waals surface area contributed by atoms with E-state index in [4.69, 9.17) is 33.3 Å². The first-order chi connectivity index (χ1) is 40.9. The number of hydrogen-bond donors (Lipinski definition) is 3. The van der Waals surface area contributed by atoms with Crippen molar-refractivity contribution >= 4 is 35.4 Å². The van der Waals surface area contributed by atoms with Crippen LogP contribution in [0.25, 0.3) is 0 Å². The molecule has 3 aliphatic carbocycles. The number of methoxy groups -OCH3 is 3. The van der Waals surface area contributed by atoms with E-state index in [9.17, 15) is 15.0 Å². The van der Waals surface area contributed by atoms with Crippen molar-refractivity contribution in [1.82, 2.24) is 9.80 Å². The van der Waals surface area contributed by atoms with Crippen LogP contribution in [0.15, 0.2) is 113 Å². The average molecular weight is 1190 g/mol. The maximum absolute atomic E-state index is 15.8. The molecule has 5 heterocycles.